The molecule has 1 aliphatic heterocycles. The molecule has 0 saturated heterocycles. The van der Waals surface area contributed by atoms with Crippen LogP contribution >= 0.6 is 0 Å². The number of Topliss-reactive ketones (excluding diaryl/α,β-unsaturated/α-hetero) is 1. The number of ketones is 1. The summed E-state index contributed by atoms with van der Waals surface area (Å²) in [5.41, 5.74) is -5.58. The van der Waals surface area contributed by atoms with Gasteiger partial charge in [0.2, 0.25) is 5.54 Å². The van der Waals surface area contributed by atoms with Crippen LogP contribution in [0.1, 0.15) is 56.8 Å². The van der Waals surface area contributed by atoms with Crippen molar-refractivity contribution in [2.24, 2.45) is 5.41 Å². The Balaban J connectivity index is 2.19. The van der Waals surface area contributed by atoms with Crippen LogP contribution in [0, 0.1) is 11.2 Å². The molecule has 1 atom stereocenters. The molecule has 0 fully saturated rings. The number of unbranched alkanes of at least 4 members (excludes halogenated alkanes) is 1. The molecule has 1 heterocycles. The van der Waals surface area contributed by atoms with Crippen molar-refractivity contribution >= 4 is 17.6 Å². The van der Waals surface area contributed by atoms with Crippen LogP contribution in [-0.4, -0.2) is 40.8 Å². The average molecular weight is 440 g/mol. The number of carbonyl (C=O) groups is 3. The predicted molar refractivity (Wildman–Crippen MR) is 104 cm³/mol. The number of halogens is 4. The molecule has 9 heteroatoms. The summed E-state index contributed by atoms with van der Waals surface area (Å²) in [5, 5.41) is 1.73. The van der Waals surface area contributed by atoms with Gasteiger partial charge in [-0.1, -0.05) is 39.3 Å². The summed E-state index contributed by atoms with van der Waals surface area (Å²) in [6.45, 7) is 5.29. The highest BCUT2D eigenvalue weighted by molar-refractivity contribution is 6.14. The highest BCUT2D eigenvalue weighted by Crippen LogP contribution is 2.51. The first kappa shape index (κ1) is 23.0. The number of alkyl halides is 3. The molecule has 168 valence electrons. The first-order valence-corrected chi connectivity index (χ1v) is 10.1. The molecule has 1 N–H and O–H groups in total. The lowest BCUT2D eigenvalue weighted by atomic mass is 9.72. The molecule has 0 saturated carbocycles. The van der Waals surface area contributed by atoms with Gasteiger partial charge in [0.1, 0.15) is 5.82 Å². The number of hydrogen-bond acceptors (Lipinski definition) is 3. The van der Waals surface area contributed by atoms with Gasteiger partial charge in [-0.15, -0.1) is 0 Å². The van der Waals surface area contributed by atoms with Crippen molar-refractivity contribution in [2.45, 2.75) is 58.2 Å². The van der Waals surface area contributed by atoms with Crippen LogP contribution in [-0.2, 0) is 9.59 Å². The number of benzene rings is 1. The van der Waals surface area contributed by atoms with Crippen molar-refractivity contribution in [1.29, 1.82) is 0 Å². The van der Waals surface area contributed by atoms with Gasteiger partial charge >= 0.3 is 6.18 Å². The van der Waals surface area contributed by atoms with Crippen LogP contribution in [0.4, 0.5) is 17.6 Å². The lowest BCUT2D eigenvalue weighted by Gasteiger charge is -2.35. The standard InChI is InChI=1S/C22H24F4N2O3/c1-4-5-10-28-15-11-20(2,3)12-16(29)17(15)21(19(28)31,22(24,25)26)27-18(30)13-8-6-7-9-14(13)23/h6-9H,4-5,10-12H2,1-3H3,(H,27,30)/t21-/m0/s1. The minimum Gasteiger partial charge on any atom is -0.326 e. The van der Waals surface area contributed by atoms with Gasteiger partial charge in [-0.05, 0) is 30.4 Å². The fraction of sp³-hybridized carbons (Fsp3) is 0.500. The van der Waals surface area contributed by atoms with E-state index in [1.165, 1.54) is 12.1 Å². The second-order valence-electron chi connectivity index (χ2n) is 8.75. The number of nitrogens with zero attached hydrogens (tertiary/aromatic N) is 1. The molecule has 0 spiro atoms. The Morgan fingerprint density at radius 1 is 1.16 bits per heavy atom. The number of nitrogens with one attached hydrogen (secondary N) is 1. The summed E-state index contributed by atoms with van der Waals surface area (Å²) in [5.74, 6) is -4.71. The molecule has 1 aromatic rings. The minimum absolute atomic E-state index is 0.00846. The first-order valence-electron chi connectivity index (χ1n) is 10.1. The van der Waals surface area contributed by atoms with Crippen LogP contribution in [0.5, 0.6) is 0 Å². The molecule has 0 radical (unpaired) electrons. The van der Waals surface area contributed by atoms with Gasteiger partial charge in [0, 0.05) is 18.7 Å². The van der Waals surface area contributed by atoms with Crippen molar-refractivity contribution in [3.8, 4) is 0 Å². The quantitative estimate of drug-likeness (QED) is 0.700. The van der Waals surface area contributed by atoms with E-state index < -0.39 is 51.7 Å². The lowest BCUT2D eigenvalue weighted by molar-refractivity contribution is -0.190. The number of allylic oxidation sites excluding steroid dienone is 1. The third-order valence-electron chi connectivity index (χ3n) is 5.70. The Morgan fingerprint density at radius 3 is 2.39 bits per heavy atom. The zero-order chi connectivity index (χ0) is 23.2. The van der Waals surface area contributed by atoms with E-state index in [-0.39, 0.29) is 25.1 Å². The Bertz CT molecular complexity index is 968. The molecule has 2 amide bonds. The fourth-order valence-electron chi connectivity index (χ4n) is 4.26. The van der Waals surface area contributed by atoms with Crippen LogP contribution in [0.3, 0.4) is 0 Å². The third-order valence-corrected chi connectivity index (χ3v) is 5.70. The Hall–Kier alpha value is -2.71. The highest BCUT2D eigenvalue weighted by atomic mass is 19.4. The van der Waals surface area contributed by atoms with E-state index >= 15 is 0 Å². The van der Waals surface area contributed by atoms with E-state index in [1.54, 1.807) is 19.2 Å². The number of amides is 2. The predicted octanol–water partition coefficient (Wildman–Crippen LogP) is 4.14. The second kappa shape index (κ2) is 7.76. The molecule has 2 aliphatic rings. The average Bonchev–Trinajstić information content (AvgIpc) is 2.88. The molecule has 1 aliphatic carbocycles. The van der Waals surface area contributed by atoms with Crippen LogP contribution in [0.25, 0.3) is 0 Å². The summed E-state index contributed by atoms with van der Waals surface area (Å²) in [6.07, 6.45) is -4.38. The molecule has 3 rings (SSSR count). The van der Waals surface area contributed by atoms with Gasteiger partial charge in [-0.2, -0.15) is 13.2 Å². The first-order chi connectivity index (χ1) is 14.4. The SMILES string of the molecule is CCCCN1C(=O)[C@](NC(=O)c2ccccc2F)(C(F)(F)F)C2=C1CC(C)(C)CC2=O. The van der Waals surface area contributed by atoms with Crippen LogP contribution in [0.2, 0.25) is 0 Å². The molecule has 31 heavy (non-hydrogen) atoms. The highest BCUT2D eigenvalue weighted by Gasteiger charge is 2.71. The monoisotopic (exact) mass is 440 g/mol. The summed E-state index contributed by atoms with van der Waals surface area (Å²) >= 11 is 0. The van der Waals surface area contributed by atoms with Gasteiger partial charge in [0.05, 0.1) is 11.1 Å². The second-order valence-corrected chi connectivity index (χ2v) is 8.75. The smallest absolute Gasteiger partial charge is 0.326 e. The number of rotatable bonds is 5. The Morgan fingerprint density at radius 2 is 1.81 bits per heavy atom. The normalized spacial score (nSPS) is 23.3. The molecular weight excluding hydrogens is 416 g/mol. The Kier molecular flexibility index (Phi) is 5.75. The summed E-state index contributed by atoms with van der Waals surface area (Å²) in [4.78, 5) is 39.9. The van der Waals surface area contributed by atoms with Crippen molar-refractivity contribution < 1.29 is 31.9 Å². The lowest BCUT2D eigenvalue weighted by Crippen LogP contribution is -2.66. The van der Waals surface area contributed by atoms with E-state index in [0.717, 1.165) is 17.0 Å². The van der Waals surface area contributed by atoms with E-state index in [1.807, 2.05) is 6.92 Å². The zero-order valence-electron chi connectivity index (χ0n) is 17.5. The third kappa shape index (κ3) is 3.74. The zero-order valence-corrected chi connectivity index (χ0v) is 17.5. The fourth-order valence-corrected chi connectivity index (χ4v) is 4.26. The van der Waals surface area contributed by atoms with Gasteiger partial charge in [0.15, 0.2) is 5.78 Å². The minimum atomic E-state index is -5.30. The maximum Gasteiger partial charge on any atom is 0.425 e. The van der Waals surface area contributed by atoms with Crippen molar-refractivity contribution in [1.82, 2.24) is 10.2 Å². The Labute approximate surface area is 177 Å². The molecule has 0 aromatic heterocycles. The summed E-state index contributed by atoms with van der Waals surface area (Å²) in [7, 11) is 0. The van der Waals surface area contributed by atoms with Crippen molar-refractivity contribution in [2.75, 3.05) is 6.54 Å². The van der Waals surface area contributed by atoms with E-state index in [0.29, 0.717) is 12.8 Å². The largest absolute Gasteiger partial charge is 0.425 e. The van der Waals surface area contributed by atoms with Crippen molar-refractivity contribution in [3.63, 3.8) is 0 Å². The number of hydrogen-bond donors (Lipinski definition) is 1. The molecule has 5 nitrogen and oxygen atoms in total. The van der Waals surface area contributed by atoms with Gasteiger partial charge < -0.3 is 10.2 Å². The van der Waals surface area contributed by atoms with Gasteiger partial charge in [-0.3, -0.25) is 14.4 Å². The molecule has 0 unspecified atom stereocenters. The van der Waals surface area contributed by atoms with Gasteiger partial charge in [0.25, 0.3) is 11.8 Å². The maximum atomic E-state index is 14.5. The summed E-state index contributed by atoms with van der Waals surface area (Å²) in [6, 6.07) is 4.52. The molecular formula is C22H24F4N2O3. The molecule has 0 bridgehead atoms. The van der Waals surface area contributed by atoms with E-state index in [2.05, 4.69) is 0 Å². The number of carbonyl (C=O) groups excluding carboxylic acids is 3. The van der Waals surface area contributed by atoms with Gasteiger partial charge in [-0.25, -0.2) is 4.39 Å². The van der Waals surface area contributed by atoms with Crippen LogP contribution < -0.4 is 5.32 Å². The van der Waals surface area contributed by atoms with E-state index in [4.69, 9.17) is 0 Å². The summed E-state index contributed by atoms with van der Waals surface area (Å²) < 4.78 is 57.7. The molecule has 1 aromatic carbocycles. The maximum absolute atomic E-state index is 14.5. The van der Waals surface area contributed by atoms with Crippen molar-refractivity contribution in [3.05, 3.63) is 46.9 Å². The van der Waals surface area contributed by atoms with E-state index in [9.17, 15) is 31.9 Å². The topological polar surface area (TPSA) is 66.5 Å². The van der Waals surface area contributed by atoms with Crippen LogP contribution in [0.15, 0.2) is 35.5 Å².